The van der Waals surface area contributed by atoms with Crippen molar-refractivity contribution in [2.75, 3.05) is 23.1 Å². The van der Waals surface area contributed by atoms with Crippen LogP contribution in [0, 0.1) is 24.3 Å². The molecule has 644 valence electrons. The molecule has 28 heteroatoms. The quantitative estimate of drug-likeness (QED) is 0.0446. The Balaban J connectivity index is 0.000000209. The maximum absolute atomic E-state index is 10.0. The first-order valence-electron chi connectivity index (χ1n) is 38.1. The Bertz CT molecular complexity index is 6530. The van der Waals surface area contributed by atoms with Gasteiger partial charge < -0.3 is 50.2 Å². The first kappa shape index (κ1) is 100. The molecule has 4 N–H and O–H groups in total. The Morgan fingerprint density at radius 3 is 1.13 bits per heavy atom. The van der Waals surface area contributed by atoms with E-state index in [-0.39, 0.29) is 127 Å². The van der Waals surface area contributed by atoms with Crippen molar-refractivity contribution < 1.29 is 120 Å². The van der Waals surface area contributed by atoms with Gasteiger partial charge in [-0.25, -0.2) is 0 Å². The largest absolute Gasteiger partial charge is 0.512 e. The van der Waals surface area contributed by atoms with E-state index >= 15 is 0 Å². The molecule has 0 unspecified atom stereocenters. The van der Waals surface area contributed by atoms with E-state index in [1.54, 1.807) is 24.8 Å². The number of pyridine rings is 4. The molecule has 0 aliphatic carbocycles. The predicted octanol–water partition coefficient (Wildman–Crippen LogP) is 20.0. The van der Waals surface area contributed by atoms with Crippen molar-refractivity contribution in [1.29, 1.82) is 0 Å². The van der Waals surface area contributed by atoms with Gasteiger partial charge in [-0.05, 0) is 145 Å². The van der Waals surface area contributed by atoms with E-state index in [1.807, 2.05) is 152 Å². The summed E-state index contributed by atoms with van der Waals surface area (Å²) in [7, 11) is 0. The van der Waals surface area contributed by atoms with Crippen LogP contribution in [0.3, 0.4) is 0 Å². The van der Waals surface area contributed by atoms with Gasteiger partial charge in [0.1, 0.15) is 24.2 Å². The molecule has 4 radical (unpaired) electrons. The molecule has 22 nitrogen and oxygen atoms in total. The molecule has 0 saturated heterocycles. The van der Waals surface area contributed by atoms with Crippen LogP contribution in [0.2, 0.25) is 0 Å². The first-order valence-corrected chi connectivity index (χ1v) is 39.6. The Hall–Kier alpha value is -12.8. The molecule has 10 aromatic carbocycles. The molecule has 16 aromatic rings. The van der Waals surface area contributed by atoms with E-state index in [9.17, 15) is 19.2 Å². The van der Waals surface area contributed by atoms with Crippen molar-refractivity contribution in [2.24, 2.45) is 20.0 Å². The number of hydrogen-bond acceptors (Lipinski definition) is 24. The van der Waals surface area contributed by atoms with E-state index in [4.69, 9.17) is 20.4 Å². The Kier molecular flexibility index (Phi) is 40.5. The van der Waals surface area contributed by atoms with Gasteiger partial charge >= 0.3 is 0 Å². The second kappa shape index (κ2) is 50.8. The van der Waals surface area contributed by atoms with Crippen LogP contribution in [0.1, 0.15) is 55.4 Å². The van der Waals surface area contributed by atoms with Crippen LogP contribution in [0.25, 0.3) is 88.6 Å². The summed E-state index contributed by atoms with van der Waals surface area (Å²) in [5, 5.41) is 41.7. The topological polar surface area (TPSA) is 308 Å². The van der Waals surface area contributed by atoms with Crippen molar-refractivity contribution in [3.63, 3.8) is 0 Å². The summed E-state index contributed by atoms with van der Waals surface area (Å²) < 4.78 is 17.1. The smallest absolute Gasteiger partial charge is 0.155 e. The molecular weight excluding hydrogens is 2330 g/mol. The number of hydrogen-bond donors (Lipinski definition) is 4. The summed E-state index contributed by atoms with van der Waals surface area (Å²) in [5.41, 5.74) is 17.1. The molecule has 2 aliphatic heterocycles. The number of aliphatic hydroxyl groups is 4. The SMILES string of the molecule is CC(=O)C=C(C)O.CC(=O)C=C(C)O.CC(=O)C=C(C)O.CC(=O)C=C(C)O.[Ir].[Ir].[Ir].[Ir].[c-]1cc(N(c2ccccc2)c2ccccc2)ccc1-c1cc2c(cn1)=NCN=2.[c-]1cc(N(c2ccccc2)c2ccccc2)ccc1-c1cc2nsnc2cn1.[c-]1cc2ccccc2cc1-c1nccc2c1=NCN=2.[c-]1cc2ccccc2cc1-c1nccc2nsnc12. The van der Waals surface area contributed by atoms with Crippen LogP contribution in [-0.2, 0) is 99.6 Å². The number of rotatable bonds is 14. The minimum absolute atomic E-state index is 0. The summed E-state index contributed by atoms with van der Waals surface area (Å²) in [4.78, 5) is 79.8. The van der Waals surface area contributed by atoms with Crippen molar-refractivity contribution >= 4 is 124 Å². The van der Waals surface area contributed by atoms with E-state index < -0.39 is 0 Å². The first-order chi connectivity index (χ1) is 59.1. The summed E-state index contributed by atoms with van der Waals surface area (Å²) in [6.45, 7) is 12.4. The molecule has 6 aromatic heterocycles. The molecule has 0 atom stereocenters. The molecule has 0 fully saturated rings. The number of aliphatic hydroxyl groups excluding tert-OH is 4. The van der Waals surface area contributed by atoms with Crippen molar-refractivity contribution in [3.05, 3.63) is 373 Å². The number of ketones is 4. The fourth-order valence-corrected chi connectivity index (χ4v) is 13.3. The molecule has 2 aliphatic rings. The number of nitrogens with zero attached hydrogens (tertiary/aromatic N) is 14. The molecule has 126 heavy (non-hydrogen) atoms. The molecule has 0 bridgehead atoms. The number of carbonyl (C=O) groups is 4. The minimum atomic E-state index is -0.125. The summed E-state index contributed by atoms with van der Waals surface area (Å²) in [6.07, 6.45) is 11.8. The second-order valence-corrected chi connectivity index (χ2v) is 28.1. The van der Waals surface area contributed by atoms with Gasteiger partial charge in [-0.3, -0.25) is 39.1 Å². The predicted molar refractivity (Wildman–Crippen MR) is 483 cm³/mol. The number of fused-ring (bicyclic) bond motifs is 6. The minimum Gasteiger partial charge on any atom is -0.512 e. The van der Waals surface area contributed by atoms with Gasteiger partial charge in [-0.15, -0.1) is 118 Å². The summed E-state index contributed by atoms with van der Waals surface area (Å²) in [6, 6.07) is 99.3. The molecule has 0 spiro atoms. The second-order valence-electron chi connectivity index (χ2n) is 27.1. The van der Waals surface area contributed by atoms with Crippen LogP contribution in [0.5, 0.6) is 0 Å². The third-order valence-electron chi connectivity index (χ3n) is 17.3. The van der Waals surface area contributed by atoms with Gasteiger partial charge in [0.15, 0.2) is 23.1 Å². The average Bonchev–Trinajstić information content (AvgIpc) is 1.43. The standard InChI is InChI=1S/C24H17N4.C23H15N4S.C16H10N3.C15H8N3S.4C5H8O2.4Ir/c1-3-7-19(8-4-1)28(20-9-5-2-6-10-20)21-13-11-18(12-14-21)22-15-23-24(16-25-22)27-17-26-23;1-3-7-18(8-4-1)27(19-9-5-2-6-10-19)20-13-11-17(12-14-20)21-15-22-23(16-24-21)26-28-25-22;1-2-4-12-9-13(6-5-11(12)3-1)15-16-14(7-8-17-15)18-10-19-16;1-2-4-11-9-12(6-5-10(11)3-1)14-15-13(7-8-16-14)17-19-18-15;4*1-4(6)3-5(2)7;;;;/h1-11,13-16H,17H2;1-11,13-16H;1-5,7-9H,10H2;1-5,7-9H;4*3,6H,1-2H3;;;;/q4*-1;;;;;;;;. The number of anilines is 6. The number of aromatic nitrogens is 8. The van der Waals surface area contributed by atoms with Gasteiger partial charge in [0, 0.05) is 164 Å². The van der Waals surface area contributed by atoms with Gasteiger partial charge in [0.25, 0.3) is 0 Å². The van der Waals surface area contributed by atoms with Crippen molar-refractivity contribution in [1.82, 2.24) is 37.4 Å². The molecule has 8 heterocycles. The molecular formula is C98H82Ir4N14O8S2-4. The van der Waals surface area contributed by atoms with Gasteiger partial charge in [-0.2, -0.15) is 17.5 Å². The molecule has 0 amide bonds. The van der Waals surface area contributed by atoms with Crippen LogP contribution in [0.4, 0.5) is 34.1 Å². The van der Waals surface area contributed by atoms with E-state index in [1.165, 1.54) is 125 Å². The zero-order chi connectivity index (χ0) is 86.3. The number of allylic oxidation sites excluding steroid dienone is 8. The van der Waals surface area contributed by atoms with Crippen LogP contribution in [-0.4, -0.2) is 94.3 Å². The summed E-state index contributed by atoms with van der Waals surface area (Å²) in [5.74, 6) is -0.250. The molecule has 18 rings (SSSR count). The fourth-order valence-electron chi connectivity index (χ4n) is 12.2. The number of benzene rings is 10. The number of carbonyl (C=O) groups excluding carboxylic acids is 4. The van der Waals surface area contributed by atoms with E-state index in [0.717, 1.165) is 123 Å². The van der Waals surface area contributed by atoms with Crippen LogP contribution < -0.4 is 31.2 Å². The van der Waals surface area contributed by atoms with Gasteiger partial charge in [0.2, 0.25) is 0 Å². The number of para-hydroxylation sites is 4. The average molecular weight is 2420 g/mol. The monoisotopic (exact) mass is 2420 g/mol. The maximum atomic E-state index is 10.0. The van der Waals surface area contributed by atoms with Gasteiger partial charge in [-0.1, -0.05) is 138 Å². The van der Waals surface area contributed by atoms with E-state index in [2.05, 4.69) is 195 Å². The third kappa shape index (κ3) is 29.7. The molecule has 0 saturated carbocycles. The van der Waals surface area contributed by atoms with Crippen LogP contribution >= 0.6 is 23.5 Å². The van der Waals surface area contributed by atoms with E-state index in [0.29, 0.717) is 13.3 Å². The Labute approximate surface area is 791 Å². The van der Waals surface area contributed by atoms with Crippen molar-refractivity contribution in [2.45, 2.75) is 55.4 Å². The maximum Gasteiger partial charge on any atom is 0.155 e. The zero-order valence-electron chi connectivity index (χ0n) is 69.1. The summed E-state index contributed by atoms with van der Waals surface area (Å²) >= 11 is 2.41. The fraction of sp³-hybridized carbons (Fsp3) is 0.102. The Morgan fingerprint density at radius 1 is 0.325 bits per heavy atom. The van der Waals surface area contributed by atoms with Gasteiger partial charge in [0.05, 0.1) is 79.1 Å². The zero-order valence-corrected chi connectivity index (χ0v) is 80.3. The normalized spacial score (nSPS) is 11.2. The van der Waals surface area contributed by atoms with Crippen LogP contribution in [0.15, 0.2) is 347 Å². The van der Waals surface area contributed by atoms with Crippen molar-refractivity contribution in [3.8, 4) is 45.0 Å². The Morgan fingerprint density at radius 2 is 0.690 bits per heavy atom. The third-order valence-corrected chi connectivity index (χ3v) is 18.4.